The summed E-state index contributed by atoms with van der Waals surface area (Å²) in [5.41, 5.74) is 1.01. The van der Waals surface area contributed by atoms with Gasteiger partial charge < -0.3 is 9.47 Å². The van der Waals surface area contributed by atoms with E-state index in [4.69, 9.17) is 13.7 Å². The van der Waals surface area contributed by atoms with Crippen LogP contribution in [-0.4, -0.2) is 34.5 Å². The van der Waals surface area contributed by atoms with Crippen molar-refractivity contribution in [2.45, 2.75) is 37.4 Å². The van der Waals surface area contributed by atoms with Gasteiger partial charge in [0.25, 0.3) is 10.1 Å². The lowest BCUT2D eigenvalue weighted by atomic mass is 10.2. The first-order valence-corrected chi connectivity index (χ1v) is 8.18. The van der Waals surface area contributed by atoms with Crippen LogP contribution in [0.3, 0.4) is 0 Å². The standard InChI is InChI=1S/C14H20O5S/c1-12-5-7-13(8-6-12)20(15,16)19-9-3-2-4-14-17-10-11-18-14/h5-8,14H,2-4,9-11H2,1H3. The molecule has 0 atom stereocenters. The molecule has 0 bridgehead atoms. The van der Waals surface area contributed by atoms with Crippen LogP contribution in [0.1, 0.15) is 24.8 Å². The van der Waals surface area contributed by atoms with Crippen LogP contribution in [-0.2, 0) is 23.8 Å². The molecule has 1 aliphatic rings. The molecule has 20 heavy (non-hydrogen) atoms. The molecule has 0 aliphatic carbocycles. The first-order valence-electron chi connectivity index (χ1n) is 6.77. The fraction of sp³-hybridized carbons (Fsp3) is 0.571. The summed E-state index contributed by atoms with van der Waals surface area (Å²) in [4.78, 5) is 0.200. The predicted molar refractivity (Wildman–Crippen MR) is 73.9 cm³/mol. The molecule has 112 valence electrons. The van der Waals surface area contributed by atoms with Crippen molar-refractivity contribution in [1.82, 2.24) is 0 Å². The predicted octanol–water partition coefficient (Wildman–Crippen LogP) is 2.24. The van der Waals surface area contributed by atoms with Crippen molar-refractivity contribution in [1.29, 1.82) is 0 Å². The number of ether oxygens (including phenoxy) is 2. The van der Waals surface area contributed by atoms with Gasteiger partial charge in [0.2, 0.25) is 0 Å². The first kappa shape index (κ1) is 15.4. The largest absolute Gasteiger partial charge is 0.350 e. The third-order valence-corrected chi connectivity index (χ3v) is 4.40. The van der Waals surface area contributed by atoms with E-state index in [2.05, 4.69) is 0 Å². The summed E-state index contributed by atoms with van der Waals surface area (Å²) in [7, 11) is -3.64. The number of hydrogen-bond acceptors (Lipinski definition) is 5. The zero-order valence-electron chi connectivity index (χ0n) is 11.6. The molecule has 1 heterocycles. The fourth-order valence-electron chi connectivity index (χ4n) is 1.93. The minimum atomic E-state index is -3.64. The quantitative estimate of drug-likeness (QED) is 0.571. The van der Waals surface area contributed by atoms with Crippen molar-refractivity contribution < 1.29 is 22.1 Å². The summed E-state index contributed by atoms with van der Waals surface area (Å²) < 4.78 is 39.4. The molecule has 1 saturated heterocycles. The van der Waals surface area contributed by atoms with E-state index in [-0.39, 0.29) is 17.8 Å². The molecule has 1 fully saturated rings. The average molecular weight is 300 g/mol. The number of rotatable bonds is 7. The molecular weight excluding hydrogens is 280 g/mol. The van der Waals surface area contributed by atoms with Crippen molar-refractivity contribution in [2.75, 3.05) is 19.8 Å². The smallest absolute Gasteiger partial charge is 0.296 e. The van der Waals surface area contributed by atoms with E-state index in [0.29, 0.717) is 19.6 Å². The fourth-order valence-corrected chi connectivity index (χ4v) is 2.87. The SMILES string of the molecule is Cc1ccc(S(=O)(=O)OCCCCC2OCCO2)cc1. The third kappa shape index (κ3) is 4.56. The lowest BCUT2D eigenvalue weighted by Crippen LogP contribution is -2.10. The Morgan fingerprint density at radius 1 is 1.15 bits per heavy atom. The van der Waals surface area contributed by atoms with Gasteiger partial charge in [-0.2, -0.15) is 8.42 Å². The number of unbranched alkanes of at least 4 members (excludes halogenated alkanes) is 1. The zero-order valence-corrected chi connectivity index (χ0v) is 12.4. The average Bonchev–Trinajstić information content (AvgIpc) is 2.92. The van der Waals surface area contributed by atoms with Crippen LogP contribution in [0, 0.1) is 6.92 Å². The minimum Gasteiger partial charge on any atom is -0.350 e. The van der Waals surface area contributed by atoms with E-state index in [1.807, 2.05) is 6.92 Å². The highest BCUT2D eigenvalue weighted by Gasteiger charge is 2.16. The Labute approximate surface area is 120 Å². The van der Waals surface area contributed by atoms with E-state index < -0.39 is 10.1 Å². The lowest BCUT2D eigenvalue weighted by molar-refractivity contribution is -0.0482. The topological polar surface area (TPSA) is 61.8 Å². The molecule has 5 nitrogen and oxygen atoms in total. The van der Waals surface area contributed by atoms with E-state index >= 15 is 0 Å². The Kier molecular flexibility index (Phi) is 5.54. The van der Waals surface area contributed by atoms with Crippen molar-refractivity contribution in [3.8, 4) is 0 Å². The maximum atomic E-state index is 11.9. The van der Waals surface area contributed by atoms with Crippen LogP contribution >= 0.6 is 0 Å². The Morgan fingerprint density at radius 3 is 2.45 bits per heavy atom. The molecule has 0 aromatic heterocycles. The third-order valence-electron chi connectivity index (χ3n) is 3.07. The summed E-state index contributed by atoms with van der Waals surface area (Å²) in [5, 5.41) is 0. The highest BCUT2D eigenvalue weighted by atomic mass is 32.2. The summed E-state index contributed by atoms with van der Waals surface area (Å²) in [6.45, 7) is 3.37. The van der Waals surface area contributed by atoms with Gasteiger partial charge in [-0.1, -0.05) is 17.7 Å². The Morgan fingerprint density at radius 2 is 1.80 bits per heavy atom. The highest BCUT2D eigenvalue weighted by Crippen LogP contribution is 2.15. The molecule has 0 radical (unpaired) electrons. The molecule has 0 amide bonds. The molecule has 0 N–H and O–H groups in total. The van der Waals surface area contributed by atoms with E-state index in [1.165, 1.54) is 0 Å². The van der Waals surface area contributed by atoms with Crippen molar-refractivity contribution in [3.05, 3.63) is 29.8 Å². The van der Waals surface area contributed by atoms with Crippen LogP contribution in [0.25, 0.3) is 0 Å². The van der Waals surface area contributed by atoms with Crippen LogP contribution in [0.5, 0.6) is 0 Å². The van der Waals surface area contributed by atoms with Crippen molar-refractivity contribution in [2.24, 2.45) is 0 Å². The molecule has 0 saturated carbocycles. The molecule has 1 aromatic carbocycles. The molecule has 0 spiro atoms. The van der Waals surface area contributed by atoms with Gasteiger partial charge in [0.15, 0.2) is 6.29 Å². The van der Waals surface area contributed by atoms with Gasteiger partial charge in [0.1, 0.15) is 0 Å². The van der Waals surface area contributed by atoms with Gasteiger partial charge in [-0.05, 0) is 38.3 Å². The van der Waals surface area contributed by atoms with E-state index in [1.54, 1.807) is 24.3 Å². The number of aryl methyl sites for hydroxylation is 1. The Hall–Kier alpha value is -0.950. The van der Waals surface area contributed by atoms with Gasteiger partial charge in [-0.25, -0.2) is 0 Å². The van der Waals surface area contributed by atoms with Crippen LogP contribution in [0.15, 0.2) is 29.2 Å². The minimum absolute atomic E-state index is 0.135. The lowest BCUT2D eigenvalue weighted by Gasteiger charge is -2.09. The van der Waals surface area contributed by atoms with Gasteiger partial charge in [-0.3, -0.25) is 4.18 Å². The second-order valence-corrected chi connectivity index (χ2v) is 6.37. The van der Waals surface area contributed by atoms with Crippen LogP contribution < -0.4 is 0 Å². The van der Waals surface area contributed by atoms with E-state index in [9.17, 15) is 8.42 Å². The summed E-state index contributed by atoms with van der Waals surface area (Å²) in [6.07, 6.45) is 2.11. The van der Waals surface area contributed by atoms with Crippen LogP contribution in [0.4, 0.5) is 0 Å². The summed E-state index contributed by atoms with van der Waals surface area (Å²) in [6, 6.07) is 6.63. The first-order chi connectivity index (χ1) is 9.58. The van der Waals surface area contributed by atoms with Crippen molar-refractivity contribution in [3.63, 3.8) is 0 Å². The molecular formula is C14H20O5S. The molecule has 1 aliphatic heterocycles. The maximum Gasteiger partial charge on any atom is 0.296 e. The normalized spacial score (nSPS) is 16.6. The second kappa shape index (κ2) is 7.17. The van der Waals surface area contributed by atoms with Gasteiger partial charge in [0, 0.05) is 0 Å². The van der Waals surface area contributed by atoms with Gasteiger partial charge in [0.05, 0.1) is 24.7 Å². The second-order valence-electron chi connectivity index (χ2n) is 4.76. The Balaban J connectivity index is 1.71. The van der Waals surface area contributed by atoms with Crippen LogP contribution in [0.2, 0.25) is 0 Å². The summed E-state index contributed by atoms with van der Waals surface area (Å²) >= 11 is 0. The zero-order chi connectivity index (χ0) is 14.4. The Bertz CT molecular complexity index is 503. The maximum absolute atomic E-state index is 11.9. The number of hydrogen-bond donors (Lipinski definition) is 0. The number of benzene rings is 1. The van der Waals surface area contributed by atoms with Gasteiger partial charge >= 0.3 is 0 Å². The molecule has 0 unspecified atom stereocenters. The monoisotopic (exact) mass is 300 g/mol. The molecule has 2 rings (SSSR count). The van der Waals surface area contributed by atoms with Crippen molar-refractivity contribution >= 4 is 10.1 Å². The molecule has 1 aromatic rings. The molecule has 6 heteroatoms. The van der Waals surface area contributed by atoms with E-state index in [0.717, 1.165) is 18.4 Å². The summed E-state index contributed by atoms with van der Waals surface area (Å²) in [5.74, 6) is 0. The van der Waals surface area contributed by atoms with Gasteiger partial charge in [-0.15, -0.1) is 0 Å². The highest BCUT2D eigenvalue weighted by molar-refractivity contribution is 7.86.